The Labute approximate surface area is 139 Å². The molecule has 1 heterocycles. The van der Waals surface area contributed by atoms with Crippen LogP contribution in [-0.4, -0.2) is 32.7 Å². The minimum Gasteiger partial charge on any atom is -0.481 e. The van der Waals surface area contributed by atoms with Gasteiger partial charge in [0.15, 0.2) is 0 Å². The molecule has 4 nitrogen and oxygen atoms in total. The monoisotopic (exact) mass is 335 g/mol. The number of benzene rings is 1. The summed E-state index contributed by atoms with van der Waals surface area (Å²) in [6, 6.07) is 8.05. The first-order valence-corrected chi connectivity index (χ1v) is 8.30. The van der Waals surface area contributed by atoms with E-state index in [4.69, 9.17) is 17.3 Å². The molecule has 1 N–H and O–H groups in total. The lowest BCUT2D eigenvalue weighted by Gasteiger charge is -2.13. The van der Waals surface area contributed by atoms with Crippen LogP contribution in [0.1, 0.15) is 30.9 Å². The summed E-state index contributed by atoms with van der Waals surface area (Å²) >= 11 is 6.48. The lowest BCUT2D eigenvalue weighted by Crippen LogP contribution is -2.29. The zero-order chi connectivity index (χ0) is 16.1. The fraction of sp³-hybridized carbons (Fsp3) is 0.312. The van der Waals surface area contributed by atoms with Crippen LogP contribution in [-0.2, 0) is 16.0 Å². The van der Waals surface area contributed by atoms with Gasteiger partial charge in [0, 0.05) is 13.0 Å². The van der Waals surface area contributed by atoms with Gasteiger partial charge in [0.1, 0.15) is 4.32 Å². The van der Waals surface area contributed by atoms with Crippen molar-refractivity contribution in [2.45, 2.75) is 26.2 Å². The summed E-state index contributed by atoms with van der Waals surface area (Å²) in [7, 11) is 0. The van der Waals surface area contributed by atoms with E-state index >= 15 is 0 Å². The van der Waals surface area contributed by atoms with E-state index in [1.165, 1.54) is 22.2 Å². The number of carboxylic acids is 1. The average Bonchev–Trinajstić information content (AvgIpc) is 2.75. The number of aliphatic carboxylic acids is 1. The van der Waals surface area contributed by atoms with Gasteiger partial charge in [0.05, 0.1) is 4.91 Å². The third kappa shape index (κ3) is 4.18. The minimum absolute atomic E-state index is 0.0363. The molecule has 116 valence electrons. The molecule has 0 saturated carbocycles. The quantitative estimate of drug-likeness (QED) is 0.638. The lowest BCUT2D eigenvalue weighted by molar-refractivity contribution is -0.137. The molecule has 1 amide bonds. The second kappa shape index (κ2) is 7.56. The minimum atomic E-state index is -0.864. The van der Waals surface area contributed by atoms with E-state index < -0.39 is 5.97 Å². The van der Waals surface area contributed by atoms with Gasteiger partial charge in [-0.2, -0.15) is 0 Å². The third-order valence-electron chi connectivity index (χ3n) is 3.33. The van der Waals surface area contributed by atoms with Gasteiger partial charge >= 0.3 is 5.97 Å². The molecule has 0 bridgehead atoms. The second-order valence-electron chi connectivity index (χ2n) is 4.93. The molecule has 1 aromatic rings. The first-order chi connectivity index (χ1) is 10.5. The number of hydrogen-bond donors (Lipinski definition) is 1. The number of thiocarbonyl (C=S) groups is 1. The van der Waals surface area contributed by atoms with Crippen LogP contribution in [0.25, 0.3) is 6.08 Å². The molecule has 0 atom stereocenters. The zero-order valence-electron chi connectivity index (χ0n) is 12.2. The topological polar surface area (TPSA) is 57.6 Å². The Hall–Kier alpha value is -1.66. The molecule has 0 spiro atoms. The first-order valence-electron chi connectivity index (χ1n) is 7.07. The number of hydrogen-bond acceptors (Lipinski definition) is 4. The van der Waals surface area contributed by atoms with Gasteiger partial charge in [-0.1, -0.05) is 55.2 Å². The highest BCUT2D eigenvalue weighted by molar-refractivity contribution is 8.26. The number of nitrogens with zero attached hydrogens (tertiary/aromatic N) is 1. The second-order valence-corrected chi connectivity index (χ2v) is 6.60. The Kier molecular flexibility index (Phi) is 5.74. The summed E-state index contributed by atoms with van der Waals surface area (Å²) in [6.45, 7) is 2.44. The van der Waals surface area contributed by atoms with Crippen LogP contribution in [0.4, 0.5) is 0 Å². The van der Waals surface area contributed by atoms with Gasteiger partial charge < -0.3 is 5.11 Å². The van der Waals surface area contributed by atoms with E-state index in [1.54, 1.807) is 0 Å². The summed E-state index contributed by atoms with van der Waals surface area (Å²) in [5.74, 6) is -1.00. The van der Waals surface area contributed by atoms with Crippen LogP contribution in [0.15, 0.2) is 29.2 Å². The molecule has 22 heavy (non-hydrogen) atoms. The van der Waals surface area contributed by atoms with Crippen molar-refractivity contribution < 1.29 is 14.7 Å². The van der Waals surface area contributed by atoms with E-state index in [2.05, 4.69) is 6.92 Å². The van der Waals surface area contributed by atoms with Crippen molar-refractivity contribution in [3.63, 3.8) is 0 Å². The molecule has 1 saturated heterocycles. The number of carbonyl (C=O) groups is 2. The molecule has 0 unspecified atom stereocenters. The van der Waals surface area contributed by atoms with E-state index in [0.29, 0.717) is 22.2 Å². The van der Waals surface area contributed by atoms with Crippen molar-refractivity contribution in [3.05, 3.63) is 40.3 Å². The molecule has 1 fully saturated rings. The summed E-state index contributed by atoms with van der Waals surface area (Å²) in [4.78, 5) is 24.9. The SMILES string of the molecule is CCc1ccc(/C=C2/SC(=S)N(CCCC(=O)O)C2=O)cc1. The number of carbonyl (C=O) groups excluding carboxylic acids is 1. The number of amides is 1. The predicted molar refractivity (Wildman–Crippen MR) is 92.6 cm³/mol. The van der Waals surface area contributed by atoms with E-state index in [9.17, 15) is 9.59 Å². The van der Waals surface area contributed by atoms with Crippen LogP contribution >= 0.6 is 24.0 Å². The largest absolute Gasteiger partial charge is 0.481 e. The van der Waals surface area contributed by atoms with Crippen LogP contribution < -0.4 is 0 Å². The standard InChI is InChI=1S/C16H17NO3S2/c1-2-11-5-7-12(8-6-11)10-13-15(20)17(16(21)22-13)9-3-4-14(18)19/h5-8,10H,2-4,9H2,1H3,(H,18,19)/b13-10+. The van der Waals surface area contributed by atoms with Crippen molar-refractivity contribution >= 4 is 46.3 Å². The number of carboxylic acid groups (broad SMARTS) is 1. The fourth-order valence-electron chi connectivity index (χ4n) is 2.08. The Bertz CT molecular complexity index is 623. The van der Waals surface area contributed by atoms with Gasteiger partial charge in [0.25, 0.3) is 5.91 Å². The molecule has 0 aromatic heterocycles. The number of aryl methyl sites for hydroxylation is 1. The molecule has 1 aliphatic heterocycles. The summed E-state index contributed by atoms with van der Waals surface area (Å²) in [6.07, 6.45) is 3.25. The molecule has 0 aliphatic carbocycles. The zero-order valence-corrected chi connectivity index (χ0v) is 13.9. The smallest absolute Gasteiger partial charge is 0.303 e. The molecule has 6 heteroatoms. The number of rotatable bonds is 6. The average molecular weight is 335 g/mol. The van der Waals surface area contributed by atoms with Crippen molar-refractivity contribution in [2.75, 3.05) is 6.54 Å². The number of thioether (sulfide) groups is 1. The Morgan fingerprint density at radius 2 is 2.05 bits per heavy atom. The lowest BCUT2D eigenvalue weighted by atomic mass is 10.1. The van der Waals surface area contributed by atoms with E-state index in [1.807, 2.05) is 30.3 Å². The predicted octanol–water partition coefficient (Wildman–Crippen LogP) is 3.32. The van der Waals surface area contributed by atoms with E-state index in [-0.39, 0.29) is 12.3 Å². The molecule has 1 aliphatic rings. The highest BCUT2D eigenvalue weighted by atomic mass is 32.2. The molecular weight excluding hydrogens is 318 g/mol. The van der Waals surface area contributed by atoms with Crippen LogP contribution in [0.2, 0.25) is 0 Å². The first kappa shape index (κ1) is 16.7. The van der Waals surface area contributed by atoms with Gasteiger partial charge in [-0.3, -0.25) is 14.5 Å². The third-order valence-corrected chi connectivity index (χ3v) is 4.71. The summed E-state index contributed by atoms with van der Waals surface area (Å²) in [5, 5.41) is 8.66. The Morgan fingerprint density at radius 3 is 2.64 bits per heavy atom. The normalized spacial score (nSPS) is 16.6. The van der Waals surface area contributed by atoms with Crippen LogP contribution in [0.3, 0.4) is 0 Å². The maximum atomic E-state index is 12.3. The van der Waals surface area contributed by atoms with Gasteiger partial charge in [-0.25, -0.2) is 0 Å². The molecule has 0 radical (unpaired) electrons. The highest BCUT2D eigenvalue weighted by Gasteiger charge is 2.31. The summed E-state index contributed by atoms with van der Waals surface area (Å²) < 4.78 is 0.492. The van der Waals surface area contributed by atoms with E-state index in [0.717, 1.165) is 12.0 Å². The van der Waals surface area contributed by atoms with Crippen LogP contribution in [0, 0.1) is 0 Å². The Morgan fingerprint density at radius 1 is 1.36 bits per heavy atom. The van der Waals surface area contributed by atoms with Crippen molar-refractivity contribution in [2.24, 2.45) is 0 Å². The van der Waals surface area contributed by atoms with Gasteiger partial charge in [-0.05, 0) is 30.0 Å². The van der Waals surface area contributed by atoms with Gasteiger partial charge in [0.2, 0.25) is 0 Å². The Balaban J connectivity index is 2.06. The highest BCUT2D eigenvalue weighted by Crippen LogP contribution is 2.32. The van der Waals surface area contributed by atoms with Crippen LogP contribution in [0.5, 0.6) is 0 Å². The molecular formula is C16H17NO3S2. The molecule has 2 rings (SSSR count). The maximum Gasteiger partial charge on any atom is 0.303 e. The van der Waals surface area contributed by atoms with Crippen molar-refractivity contribution in [3.8, 4) is 0 Å². The van der Waals surface area contributed by atoms with Crippen molar-refractivity contribution in [1.29, 1.82) is 0 Å². The van der Waals surface area contributed by atoms with Crippen molar-refractivity contribution in [1.82, 2.24) is 4.90 Å². The van der Waals surface area contributed by atoms with Gasteiger partial charge in [-0.15, -0.1) is 0 Å². The maximum absolute atomic E-state index is 12.3. The summed E-state index contributed by atoms with van der Waals surface area (Å²) in [5.41, 5.74) is 2.21. The fourth-order valence-corrected chi connectivity index (χ4v) is 3.39. The molecule has 1 aromatic carbocycles.